The lowest BCUT2D eigenvalue weighted by molar-refractivity contribution is 0.511. The number of hydrogen-bond acceptors (Lipinski definition) is 4. The van der Waals surface area contributed by atoms with Crippen LogP contribution >= 0.6 is 35.6 Å². The highest BCUT2D eigenvalue weighted by Crippen LogP contribution is 2.22. The molecular formula is C20H26ClIN6O. The molecule has 2 N–H and O–H groups in total. The van der Waals surface area contributed by atoms with Crippen molar-refractivity contribution in [2.24, 2.45) is 4.99 Å². The van der Waals surface area contributed by atoms with Crippen LogP contribution in [0.4, 0.5) is 0 Å². The molecule has 0 amide bonds. The molecule has 1 unspecified atom stereocenters. The SMILES string of the molecule is CCc1nncn1CCNC(=NCc1ccco1)NC(C)c1ccccc1Cl.I. The van der Waals surface area contributed by atoms with Gasteiger partial charge in [-0.1, -0.05) is 36.7 Å². The highest BCUT2D eigenvalue weighted by atomic mass is 127. The summed E-state index contributed by atoms with van der Waals surface area (Å²) >= 11 is 6.33. The molecule has 0 spiro atoms. The number of nitrogens with one attached hydrogen (secondary N) is 2. The fraction of sp³-hybridized carbons (Fsp3) is 0.350. The first-order valence-corrected chi connectivity index (χ1v) is 9.73. The summed E-state index contributed by atoms with van der Waals surface area (Å²) in [5.74, 6) is 2.46. The van der Waals surface area contributed by atoms with E-state index in [9.17, 15) is 0 Å². The second-order valence-electron chi connectivity index (χ2n) is 6.35. The van der Waals surface area contributed by atoms with Crippen molar-refractivity contribution in [1.82, 2.24) is 25.4 Å². The molecule has 0 saturated carbocycles. The van der Waals surface area contributed by atoms with Crippen molar-refractivity contribution in [3.8, 4) is 0 Å². The van der Waals surface area contributed by atoms with Gasteiger partial charge in [0, 0.05) is 24.5 Å². The van der Waals surface area contributed by atoms with Crippen LogP contribution in [-0.4, -0.2) is 27.3 Å². The topological polar surface area (TPSA) is 80.3 Å². The van der Waals surface area contributed by atoms with Crippen LogP contribution in [0.3, 0.4) is 0 Å². The van der Waals surface area contributed by atoms with E-state index in [0.717, 1.165) is 35.1 Å². The summed E-state index contributed by atoms with van der Waals surface area (Å²) in [5, 5.41) is 15.6. The standard InChI is InChI=1S/C20H25ClN6O.HI/c1-3-19-26-24-14-27(19)11-10-22-20(23-13-16-7-6-12-28-16)25-15(2)17-8-4-5-9-18(17)21;/h4-9,12,14-15H,3,10-11,13H2,1-2H3,(H2,22,23,25);1H. The van der Waals surface area contributed by atoms with E-state index in [4.69, 9.17) is 16.0 Å². The van der Waals surface area contributed by atoms with Gasteiger partial charge in [-0.05, 0) is 30.7 Å². The minimum absolute atomic E-state index is 0. The van der Waals surface area contributed by atoms with Crippen LogP contribution < -0.4 is 10.6 Å². The highest BCUT2D eigenvalue weighted by molar-refractivity contribution is 14.0. The van der Waals surface area contributed by atoms with Gasteiger partial charge in [0.15, 0.2) is 5.96 Å². The Hall–Kier alpha value is -2.07. The lowest BCUT2D eigenvalue weighted by Crippen LogP contribution is -2.40. The molecule has 29 heavy (non-hydrogen) atoms. The molecule has 1 atom stereocenters. The smallest absolute Gasteiger partial charge is 0.192 e. The molecule has 3 aromatic rings. The van der Waals surface area contributed by atoms with E-state index < -0.39 is 0 Å². The average Bonchev–Trinajstić information content (AvgIpc) is 3.37. The number of nitrogens with zero attached hydrogens (tertiary/aromatic N) is 4. The first kappa shape index (κ1) is 23.2. The van der Waals surface area contributed by atoms with Gasteiger partial charge in [0.25, 0.3) is 0 Å². The van der Waals surface area contributed by atoms with Crippen molar-refractivity contribution >= 4 is 41.5 Å². The van der Waals surface area contributed by atoms with Crippen LogP contribution in [0.15, 0.2) is 58.4 Å². The number of aryl methyl sites for hydroxylation is 1. The number of halogens is 2. The minimum Gasteiger partial charge on any atom is -0.467 e. The molecule has 0 radical (unpaired) electrons. The van der Waals surface area contributed by atoms with E-state index in [1.54, 1.807) is 12.6 Å². The summed E-state index contributed by atoms with van der Waals surface area (Å²) in [6, 6.07) is 11.6. The maximum absolute atomic E-state index is 6.33. The lowest BCUT2D eigenvalue weighted by atomic mass is 10.1. The van der Waals surface area contributed by atoms with E-state index in [1.165, 1.54) is 0 Å². The lowest BCUT2D eigenvalue weighted by Gasteiger charge is -2.20. The number of aromatic nitrogens is 3. The van der Waals surface area contributed by atoms with Gasteiger partial charge in [-0.25, -0.2) is 4.99 Å². The summed E-state index contributed by atoms with van der Waals surface area (Å²) in [6.45, 7) is 6.00. The number of guanidine groups is 1. The van der Waals surface area contributed by atoms with Gasteiger partial charge in [0.1, 0.15) is 24.5 Å². The Kier molecular flexibility index (Phi) is 9.46. The van der Waals surface area contributed by atoms with Gasteiger partial charge < -0.3 is 19.6 Å². The molecular weight excluding hydrogens is 503 g/mol. The Balaban J connectivity index is 0.00000300. The fourth-order valence-electron chi connectivity index (χ4n) is 2.86. The van der Waals surface area contributed by atoms with E-state index in [0.29, 0.717) is 19.0 Å². The molecule has 1 aromatic carbocycles. The van der Waals surface area contributed by atoms with Crippen LogP contribution in [0.5, 0.6) is 0 Å². The summed E-state index contributed by atoms with van der Waals surface area (Å²) in [6.07, 6.45) is 4.25. The summed E-state index contributed by atoms with van der Waals surface area (Å²) in [7, 11) is 0. The third-order valence-corrected chi connectivity index (χ3v) is 4.70. The zero-order chi connectivity index (χ0) is 19.8. The van der Waals surface area contributed by atoms with Gasteiger partial charge in [0.2, 0.25) is 0 Å². The van der Waals surface area contributed by atoms with Crippen molar-refractivity contribution in [3.63, 3.8) is 0 Å². The van der Waals surface area contributed by atoms with Gasteiger partial charge in [-0.2, -0.15) is 0 Å². The first-order valence-electron chi connectivity index (χ1n) is 9.35. The summed E-state index contributed by atoms with van der Waals surface area (Å²) in [4.78, 5) is 4.64. The second-order valence-corrected chi connectivity index (χ2v) is 6.76. The number of benzene rings is 1. The highest BCUT2D eigenvalue weighted by Gasteiger charge is 2.11. The van der Waals surface area contributed by atoms with E-state index in [1.807, 2.05) is 41.0 Å². The summed E-state index contributed by atoms with van der Waals surface area (Å²) in [5.41, 5.74) is 1.02. The molecule has 3 rings (SSSR count). The average molecular weight is 529 g/mol. The molecule has 0 saturated heterocycles. The quantitative estimate of drug-likeness (QED) is 0.260. The van der Waals surface area contributed by atoms with Crippen molar-refractivity contribution in [2.75, 3.05) is 6.54 Å². The molecule has 2 heterocycles. The second kappa shape index (κ2) is 11.8. The Morgan fingerprint density at radius 3 is 2.83 bits per heavy atom. The Bertz CT molecular complexity index is 896. The van der Waals surface area contributed by atoms with E-state index >= 15 is 0 Å². The largest absolute Gasteiger partial charge is 0.467 e. The minimum atomic E-state index is -0.00216. The predicted octanol–water partition coefficient (Wildman–Crippen LogP) is 4.20. The van der Waals surface area contributed by atoms with Gasteiger partial charge in [-0.15, -0.1) is 34.2 Å². The van der Waals surface area contributed by atoms with Gasteiger partial charge >= 0.3 is 0 Å². The maximum Gasteiger partial charge on any atom is 0.192 e. The molecule has 0 aliphatic carbocycles. The maximum atomic E-state index is 6.33. The number of aliphatic imine (C=N–C) groups is 1. The predicted molar refractivity (Wildman–Crippen MR) is 126 cm³/mol. The normalized spacial score (nSPS) is 12.3. The molecule has 156 valence electrons. The van der Waals surface area contributed by atoms with Crippen molar-refractivity contribution < 1.29 is 4.42 Å². The molecule has 7 nitrogen and oxygen atoms in total. The van der Waals surface area contributed by atoms with Crippen LogP contribution in [-0.2, 0) is 19.5 Å². The van der Waals surface area contributed by atoms with E-state index in [2.05, 4.69) is 39.7 Å². The fourth-order valence-corrected chi connectivity index (χ4v) is 3.15. The van der Waals surface area contributed by atoms with Crippen molar-refractivity contribution in [3.05, 3.63) is 71.2 Å². The van der Waals surface area contributed by atoms with E-state index in [-0.39, 0.29) is 30.0 Å². The van der Waals surface area contributed by atoms with Crippen molar-refractivity contribution in [2.45, 2.75) is 39.4 Å². The summed E-state index contributed by atoms with van der Waals surface area (Å²) < 4.78 is 7.42. The Morgan fingerprint density at radius 2 is 2.10 bits per heavy atom. The molecule has 0 bridgehead atoms. The zero-order valence-corrected chi connectivity index (χ0v) is 19.6. The Morgan fingerprint density at radius 1 is 1.28 bits per heavy atom. The Labute approximate surface area is 193 Å². The third-order valence-electron chi connectivity index (χ3n) is 4.36. The van der Waals surface area contributed by atoms with Crippen LogP contribution in [0.1, 0.15) is 37.0 Å². The van der Waals surface area contributed by atoms with Gasteiger partial charge in [-0.3, -0.25) is 0 Å². The van der Waals surface area contributed by atoms with Crippen LogP contribution in [0.25, 0.3) is 0 Å². The number of rotatable bonds is 8. The monoisotopic (exact) mass is 528 g/mol. The van der Waals surface area contributed by atoms with Gasteiger partial charge in [0.05, 0.1) is 12.3 Å². The number of hydrogen-bond donors (Lipinski definition) is 2. The third kappa shape index (κ3) is 6.74. The molecule has 2 aromatic heterocycles. The molecule has 0 aliphatic heterocycles. The van der Waals surface area contributed by atoms with Crippen LogP contribution in [0.2, 0.25) is 5.02 Å². The molecule has 9 heteroatoms. The first-order chi connectivity index (χ1) is 13.7. The molecule has 0 fully saturated rings. The number of furan rings is 1. The molecule has 0 aliphatic rings. The van der Waals surface area contributed by atoms with Crippen LogP contribution in [0, 0.1) is 0 Å². The van der Waals surface area contributed by atoms with Crippen molar-refractivity contribution in [1.29, 1.82) is 0 Å². The zero-order valence-electron chi connectivity index (χ0n) is 16.5.